The van der Waals surface area contributed by atoms with Gasteiger partial charge >= 0.3 is 12.1 Å². The fraction of sp³-hybridized carbons (Fsp3) is 0.438. The van der Waals surface area contributed by atoms with Gasteiger partial charge in [-0.3, -0.25) is 14.5 Å². The van der Waals surface area contributed by atoms with Crippen molar-refractivity contribution >= 4 is 23.7 Å². The lowest BCUT2D eigenvalue weighted by Gasteiger charge is -2.16. The number of halogens is 1. The van der Waals surface area contributed by atoms with E-state index in [9.17, 15) is 23.9 Å². The number of nitrogens with two attached hydrogens (primary N) is 1. The summed E-state index contributed by atoms with van der Waals surface area (Å²) < 4.78 is 19.5. The Labute approximate surface area is 137 Å². The van der Waals surface area contributed by atoms with E-state index in [0.29, 0.717) is 24.9 Å². The van der Waals surface area contributed by atoms with Crippen LogP contribution < -0.4 is 10.6 Å². The predicted molar refractivity (Wildman–Crippen MR) is 81.0 cm³/mol. The summed E-state index contributed by atoms with van der Waals surface area (Å²) in [5.41, 5.74) is 4.36. The number of hydrogen-bond acceptors (Lipinski definition) is 4. The van der Waals surface area contributed by atoms with Crippen LogP contribution in [0.2, 0.25) is 0 Å². The molecule has 1 saturated heterocycles. The minimum absolute atomic E-state index is 0.0974. The van der Waals surface area contributed by atoms with Gasteiger partial charge in [0.1, 0.15) is 11.9 Å². The maximum atomic E-state index is 14.4. The van der Waals surface area contributed by atoms with Gasteiger partial charge in [-0.15, -0.1) is 0 Å². The maximum Gasteiger partial charge on any atom is 0.414 e. The molecule has 1 aliphatic carbocycles. The first-order valence-corrected chi connectivity index (χ1v) is 7.63. The summed E-state index contributed by atoms with van der Waals surface area (Å²) in [4.78, 5) is 35.3. The molecule has 2 aliphatic rings. The highest BCUT2D eigenvalue weighted by atomic mass is 19.1. The summed E-state index contributed by atoms with van der Waals surface area (Å²) in [6.45, 7) is 0.189. The van der Waals surface area contributed by atoms with E-state index in [1.807, 2.05) is 0 Å². The third-order valence-electron chi connectivity index (χ3n) is 4.53. The predicted octanol–water partition coefficient (Wildman–Crippen LogP) is 1.53. The zero-order valence-corrected chi connectivity index (χ0v) is 12.8. The van der Waals surface area contributed by atoms with Crippen molar-refractivity contribution in [2.45, 2.75) is 37.2 Å². The van der Waals surface area contributed by atoms with Crippen LogP contribution in [0.15, 0.2) is 18.2 Å². The quantitative estimate of drug-likeness (QED) is 0.818. The summed E-state index contributed by atoms with van der Waals surface area (Å²) in [6.07, 6.45) is 0.0945. The molecule has 3 rings (SSSR count). The van der Waals surface area contributed by atoms with Crippen LogP contribution in [-0.2, 0) is 19.7 Å². The van der Waals surface area contributed by atoms with Crippen LogP contribution in [-0.4, -0.2) is 35.7 Å². The lowest BCUT2D eigenvalue weighted by molar-refractivity contribution is -0.140. The maximum absolute atomic E-state index is 14.4. The summed E-state index contributed by atoms with van der Waals surface area (Å²) in [5.74, 6) is -2.18. The first-order valence-electron chi connectivity index (χ1n) is 7.63. The Morgan fingerprint density at radius 1 is 1.42 bits per heavy atom. The van der Waals surface area contributed by atoms with Crippen LogP contribution in [0, 0.1) is 5.82 Å². The number of rotatable bonds is 6. The normalized spacial score (nSPS) is 21.5. The highest BCUT2D eigenvalue weighted by Gasteiger charge is 2.53. The van der Waals surface area contributed by atoms with Crippen molar-refractivity contribution in [1.82, 2.24) is 0 Å². The Morgan fingerprint density at radius 3 is 2.67 bits per heavy atom. The van der Waals surface area contributed by atoms with Crippen LogP contribution in [0.25, 0.3) is 0 Å². The van der Waals surface area contributed by atoms with E-state index in [-0.39, 0.29) is 18.5 Å². The number of amides is 2. The monoisotopic (exact) mass is 336 g/mol. The lowest BCUT2D eigenvalue weighted by atomic mass is 9.95. The molecule has 3 N–H and O–H groups in total. The van der Waals surface area contributed by atoms with E-state index < -0.39 is 35.3 Å². The SMILES string of the molecule is NC(=O)CC[C@H]1CN(c2ccc(C3(C(=O)O)CC3)c(F)c2)C(=O)O1. The minimum atomic E-state index is -1.14. The molecular weight excluding hydrogens is 319 g/mol. The van der Waals surface area contributed by atoms with Crippen molar-refractivity contribution in [3.05, 3.63) is 29.6 Å². The fourth-order valence-electron chi connectivity index (χ4n) is 2.97. The second-order valence-electron chi connectivity index (χ2n) is 6.17. The number of carboxylic acids is 1. The van der Waals surface area contributed by atoms with Crippen LogP contribution >= 0.6 is 0 Å². The summed E-state index contributed by atoms with van der Waals surface area (Å²) in [6, 6.07) is 4.07. The number of nitrogens with zero attached hydrogens (tertiary/aromatic N) is 1. The number of ether oxygens (including phenoxy) is 1. The van der Waals surface area contributed by atoms with Crippen molar-refractivity contribution in [1.29, 1.82) is 0 Å². The first kappa shape index (κ1) is 16.2. The molecule has 1 saturated carbocycles. The highest BCUT2D eigenvalue weighted by molar-refractivity contribution is 5.90. The largest absolute Gasteiger partial charge is 0.481 e. The Hall–Kier alpha value is -2.64. The molecule has 0 unspecified atom stereocenters. The van der Waals surface area contributed by atoms with Crippen LogP contribution in [0.4, 0.5) is 14.9 Å². The van der Waals surface area contributed by atoms with Crippen molar-refractivity contribution in [2.24, 2.45) is 5.73 Å². The Kier molecular flexibility index (Phi) is 3.90. The second-order valence-corrected chi connectivity index (χ2v) is 6.17. The zero-order chi connectivity index (χ0) is 17.5. The van der Waals surface area contributed by atoms with Crippen molar-refractivity contribution in [2.75, 3.05) is 11.4 Å². The minimum Gasteiger partial charge on any atom is -0.481 e. The Bertz CT molecular complexity index is 716. The average molecular weight is 336 g/mol. The number of cyclic esters (lactones) is 1. The molecule has 1 aliphatic heterocycles. The van der Waals surface area contributed by atoms with Gasteiger partial charge < -0.3 is 15.6 Å². The smallest absolute Gasteiger partial charge is 0.414 e. The number of primary amides is 1. The molecule has 1 aromatic rings. The number of benzene rings is 1. The zero-order valence-electron chi connectivity index (χ0n) is 12.8. The van der Waals surface area contributed by atoms with Crippen molar-refractivity contribution in [3.8, 4) is 0 Å². The number of carbonyl (C=O) groups is 3. The molecule has 8 heteroatoms. The standard InChI is InChI=1S/C16H17FN2O5/c17-12-7-9(1-3-11(12)16(5-6-16)14(21)22)19-8-10(24-15(19)23)2-4-13(18)20/h1,3,7,10H,2,4-6,8H2,(H2,18,20)(H,21,22)/t10-/m0/s1. The second kappa shape index (κ2) is 5.77. The number of carboxylic acid groups (broad SMARTS) is 1. The highest BCUT2D eigenvalue weighted by Crippen LogP contribution is 2.49. The van der Waals surface area contributed by atoms with Crippen LogP contribution in [0.5, 0.6) is 0 Å². The van der Waals surface area contributed by atoms with E-state index in [2.05, 4.69) is 0 Å². The average Bonchev–Trinajstić information content (AvgIpc) is 3.23. The Balaban J connectivity index is 1.76. The number of aliphatic carboxylic acids is 1. The van der Waals surface area contributed by atoms with E-state index in [1.54, 1.807) is 0 Å². The van der Waals surface area contributed by atoms with Gasteiger partial charge in [0.15, 0.2) is 0 Å². The summed E-state index contributed by atoms with van der Waals surface area (Å²) in [5, 5.41) is 9.25. The van der Waals surface area contributed by atoms with Crippen molar-refractivity contribution < 1.29 is 28.6 Å². The van der Waals surface area contributed by atoms with Gasteiger partial charge in [0, 0.05) is 12.0 Å². The molecule has 2 fully saturated rings. The van der Waals surface area contributed by atoms with E-state index in [4.69, 9.17) is 10.5 Å². The fourth-order valence-corrected chi connectivity index (χ4v) is 2.97. The molecule has 7 nitrogen and oxygen atoms in total. The number of anilines is 1. The Morgan fingerprint density at radius 2 is 2.12 bits per heavy atom. The summed E-state index contributed by atoms with van der Waals surface area (Å²) in [7, 11) is 0. The van der Waals surface area contributed by atoms with Gasteiger partial charge in [-0.25, -0.2) is 9.18 Å². The van der Waals surface area contributed by atoms with Crippen LogP contribution in [0.3, 0.4) is 0 Å². The van der Waals surface area contributed by atoms with E-state index >= 15 is 0 Å². The van der Waals surface area contributed by atoms with Crippen LogP contribution in [0.1, 0.15) is 31.2 Å². The molecule has 128 valence electrons. The molecule has 0 bridgehead atoms. The van der Waals surface area contributed by atoms with Gasteiger partial charge in [-0.2, -0.15) is 0 Å². The number of hydrogen-bond donors (Lipinski definition) is 2. The third kappa shape index (κ3) is 2.79. The van der Waals surface area contributed by atoms with Crippen molar-refractivity contribution in [3.63, 3.8) is 0 Å². The summed E-state index contributed by atoms with van der Waals surface area (Å²) >= 11 is 0. The molecule has 1 heterocycles. The van der Waals surface area contributed by atoms with Gasteiger partial charge in [-0.05, 0) is 31.4 Å². The number of carbonyl (C=O) groups excluding carboxylic acids is 2. The van der Waals surface area contributed by atoms with Gasteiger partial charge in [0.05, 0.1) is 17.6 Å². The molecule has 24 heavy (non-hydrogen) atoms. The molecule has 0 spiro atoms. The van der Waals surface area contributed by atoms with Gasteiger partial charge in [-0.1, -0.05) is 6.07 Å². The lowest BCUT2D eigenvalue weighted by Crippen LogP contribution is -2.26. The molecular formula is C16H17FN2O5. The van der Waals surface area contributed by atoms with Gasteiger partial charge in [0.2, 0.25) is 5.91 Å². The molecule has 0 radical (unpaired) electrons. The first-order chi connectivity index (χ1) is 11.3. The van der Waals surface area contributed by atoms with Gasteiger partial charge in [0.25, 0.3) is 0 Å². The van der Waals surface area contributed by atoms with E-state index in [0.717, 1.165) is 6.07 Å². The molecule has 1 atom stereocenters. The molecule has 0 aromatic heterocycles. The van der Waals surface area contributed by atoms with E-state index in [1.165, 1.54) is 17.0 Å². The third-order valence-corrected chi connectivity index (χ3v) is 4.53. The molecule has 1 aromatic carbocycles. The topological polar surface area (TPSA) is 110 Å². The molecule has 2 amide bonds.